The molecule has 0 aromatic heterocycles. The smallest absolute Gasteiger partial charge is 0.314 e. The van der Waals surface area contributed by atoms with Gasteiger partial charge in [-0.25, -0.2) is 0 Å². The molecule has 0 aromatic carbocycles. The lowest BCUT2D eigenvalue weighted by molar-refractivity contribution is 0.309. The lowest BCUT2D eigenvalue weighted by Gasteiger charge is -2.41. The van der Waals surface area contributed by atoms with Crippen LogP contribution in [0.4, 0.5) is 0 Å². The molecule has 2 nitrogen and oxygen atoms in total. The fraction of sp³-hybridized carbons (Fsp3) is 0.882. The van der Waals surface area contributed by atoms with Gasteiger partial charge in [0.05, 0.1) is 0 Å². The Morgan fingerprint density at radius 2 is 1.55 bits per heavy atom. The fourth-order valence-electron chi connectivity index (χ4n) is 3.65. The van der Waals surface area contributed by atoms with Crippen LogP contribution in [-0.2, 0) is 8.23 Å². The molecular formula is C17H38O2Si3. The predicted octanol–water partition coefficient (Wildman–Crippen LogP) is 6.14. The van der Waals surface area contributed by atoms with Crippen molar-refractivity contribution in [3.8, 4) is 0 Å². The topological polar surface area (TPSA) is 18.5 Å². The Labute approximate surface area is 142 Å². The van der Waals surface area contributed by atoms with E-state index in [9.17, 15) is 0 Å². The van der Waals surface area contributed by atoms with Crippen molar-refractivity contribution in [3.05, 3.63) is 11.6 Å². The van der Waals surface area contributed by atoms with Crippen molar-refractivity contribution in [1.82, 2.24) is 0 Å². The van der Waals surface area contributed by atoms with Crippen LogP contribution < -0.4 is 0 Å². The molecule has 22 heavy (non-hydrogen) atoms. The zero-order valence-electron chi connectivity index (χ0n) is 16.4. The third-order valence-corrected chi connectivity index (χ3v) is 14.0. The van der Waals surface area contributed by atoms with Crippen LogP contribution >= 0.6 is 0 Å². The molecule has 0 saturated heterocycles. The first kappa shape index (κ1) is 20.4. The second-order valence-corrected chi connectivity index (χ2v) is 22.1. The highest BCUT2D eigenvalue weighted by Crippen LogP contribution is 2.36. The van der Waals surface area contributed by atoms with Crippen LogP contribution in [0.5, 0.6) is 0 Å². The molecule has 2 unspecified atom stereocenters. The van der Waals surface area contributed by atoms with Gasteiger partial charge in [0.25, 0.3) is 0 Å². The summed E-state index contributed by atoms with van der Waals surface area (Å²) in [7, 11) is -5.23. The summed E-state index contributed by atoms with van der Waals surface area (Å²) in [5, 5.41) is 0. The van der Waals surface area contributed by atoms with Crippen LogP contribution in [-0.4, -0.2) is 25.2 Å². The second-order valence-electron chi connectivity index (χ2n) is 9.33. The third kappa shape index (κ3) is 7.73. The number of allylic oxidation sites excluding steroid dienone is 2. The van der Waals surface area contributed by atoms with E-state index in [1.54, 1.807) is 5.57 Å². The Bertz CT molecular complexity index is 378. The average molecular weight is 359 g/mol. The molecule has 2 atom stereocenters. The van der Waals surface area contributed by atoms with Crippen molar-refractivity contribution in [3.63, 3.8) is 0 Å². The summed E-state index contributed by atoms with van der Waals surface area (Å²) in [6, 6.07) is 1.15. The maximum Gasteiger partial charge on any atom is 0.314 e. The molecule has 0 radical (unpaired) electrons. The molecule has 0 amide bonds. The van der Waals surface area contributed by atoms with E-state index in [2.05, 4.69) is 65.8 Å². The van der Waals surface area contributed by atoms with Gasteiger partial charge >= 0.3 is 8.56 Å². The van der Waals surface area contributed by atoms with Gasteiger partial charge in [-0.2, -0.15) is 0 Å². The second kappa shape index (κ2) is 7.47. The van der Waals surface area contributed by atoms with Crippen LogP contribution in [0, 0.1) is 11.8 Å². The van der Waals surface area contributed by atoms with Crippen molar-refractivity contribution >= 4 is 25.2 Å². The van der Waals surface area contributed by atoms with Gasteiger partial charge in [-0.1, -0.05) is 18.6 Å². The maximum atomic E-state index is 6.66. The van der Waals surface area contributed by atoms with Gasteiger partial charge in [-0.3, -0.25) is 0 Å². The van der Waals surface area contributed by atoms with E-state index >= 15 is 0 Å². The van der Waals surface area contributed by atoms with Crippen LogP contribution in [0.25, 0.3) is 0 Å². The van der Waals surface area contributed by atoms with Gasteiger partial charge in [-0.15, -0.1) is 0 Å². The van der Waals surface area contributed by atoms with Gasteiger partial charge in [-0.05, 0) is 89.9 Å². The molecule has 0 N–H and O–H groups in total. The average Bonchev–Trinajstić information content (AvgIpc) is 2.23. The highest BCUT2D eigenvalue weighted by atomic mass is 28.5. The molecule has 0 spiro atoms. The van der Waals surface area contributed by atoms with Crippen molar-refractivity contribution in [1.29, 1.82) is 0 Å². The fourth-order valence-corrected chi connectivity index (χ4v) is 16.7. The van der Waals surface area contributed by atoms with E-state index in [1.807, 2.05) is 0 Å². The van der Waals surface area contributed by atoms with Gasteiger partial charge in [0, 0.05) is 0 Å². The molecule has 5 heteroatoms. The zero-order valence-corrected chi connectivity index (χ0v) is 19.4. The summed E-state index contributed by atoms with van der Waals surface area (Å²) in [4.78, 5) is 0. The lowest BCUT2D eigenvalue weighted by atomic mass is 9.83. The minimum absolute atomic E-state index is 0.703. The molecule has 0 heterocycles. The standard InChI is InChI=1S/C17H38O2Si3/c1-15-10-12-17(13-11-15)16(2)14-22(9,18-20(3,4)5)19-21(6,7)8/h10,16-17H,11-14H2,1-9H3. The summed E-state index contributed by atoms with van der Waals surface area (Å²) < 4.78 is 13.3. The van der Waals surface area contributed by atoms with Crippen LogP contribution in [0.15, 0.2) is 11.6 Å². The number of hydrogen-bond acceptors (Lipinski definition) is 2. The van der Waals surface area contributed by atoms with Gasteiger partial charge < -0.3 is 8.23 Å². The van der Waals surface area contributed by atoms with Crippen LogP contribution in [0.3, 0.4) is 0 Å². The minimum atomic E-state index is -2.08. The van der Waals surface area contributed by atoms with E-state index in [1.165, 1.54) is 19.3 Å². The molecule has 1 aliphatic carbocycles. The Morgan fingerprint density at radius 3 is 1.91 bits per heavy atom. The SMILES string of the molecule is CC1=CCC(C(C)C[Si](C)(O[Si](C)(C)C)O[Si](C)(C)C)CC1. The van der Waals surface area contributed by atoms with Crippen LogP contribution in [0.2, 0.25) is 51.9 Å². The van der Waals surface area contributed by atoms with Gasteiger partial charge in [0.15, 0.2) is 16.6 Å². The molecule has 0 bridgehead atoms. The molecular weight excluding hydrogens is 320 g/mol. The van der Waals surface area contributed by atoms with E-state index in [0.29, 0.717) is 5.92 Å². The number of rotatable bonds is 7. The highest BCUT2D eigenvalue weighted by molar-refractivity contribution is 6.87. The first-order chi connectivity index (χ1) is 9.80. The van der Waals surface area contributed by atoms with E-state index in [4.69, 9.17) is 8.23 Å². The summed E-state index contributed by atoms with van der Waals surface area (Å²) in [6.07, 6.45) is 6.31. The van der Waals surface area contributed by atoms with E-state index in [-0.39, 0.29) is 0 Å². The first-order valence-corrected chi connectivity index (χ1v) is 18.2. The molecule has 0 saturated carbocycles. The quantitative estimate of drug-likeness (QED) is 0.402. The summed E-state index contributed by atoms with van der Waals surface area (Å²) in [5.41, 5.74) is 1.57. The number of hydrogen-bond donors (Lipinski definition) is 0. The van der Waals surface area contributed by atoms with Crippen molar-refractivity contribution in [2.24, 2.45) is 11.8 Å². The molecule has 130 valence electrons. The largest absolute Gasteiger partial charge is 0.437 e. The third-order valence-electron chi connectivity index (χ3n) is 4.22. The van der Waals surface area contributed by atoms with Gasteiger partial charge in [0.2, 0.25) is 0 Å². The van der Waals surface area contributed by atoms with Gasteiger partial charge in [0.1, 0.15) is 0 Å². The monoisotopic (exact) mass is 358 g/mol. The van der Waals surface area contributed by atoms with Crippen molar-refractivity contribution < 1.29 is 8.23 Å². The molecule has 1 aliphatic rings. The Morgan fingerprint density at radius 1 is 1.05 bits per heavy atom. The Balaban J connectivity index is 2.79. The summed E-state index contributed by atoms with van der Waals surface area (Å²) >= 11 is 0. The lowest BCUT2D eigenvalue weighted by Crippen LogP contribution is -2.53. The van der Waals surface area contributed by atoms with Crippen molar-refractivity contribution in [2.45, 2.75) is 85.0 Å². The summed E-state index contributed by atoms with van der Waals surface area (Å²) in [6.45, 7) is 20.8. The summed E-state index contributed by atoms with van der Waals surface area (Å²) in [5.74, 6) is 1.51. The van der Waals surface area contributed by atoms with E-state index in [0.717, 1.165) is 12.0 Å². The molecule has 0 aliphatic heterocycles. The van der Waals surface area contributed by atoms with Crippen LogP contribution in [0.1, 0.15) is 33.1 Å². The molecule has 0 fully saturated rings. The normalized spacial score (nSPS) is 22.4. The molecule has 0 aromatic rings. The molecule has 1 rings (SSSR count). The van der Waals surface area contributed by atoms with E-state index < -0.39 is 25.2 Å². The maximum absolute atomic E-state index is 6.66. The first-order valence-electron chi connectivity index (χ1n) is 8.86. The Hall–Kier alpha value is 0.311. The highest BCUT2D eigenvalue weighted by Gasteiger charge is 2.42. The Kier molecular flexibility index (Phi) is 6.91. The van der Waals surface area contributed by atoms with Crippen molar-refractivity contribution in [2.75, 3.05) is 0 Å². The zero-order chi connectivity index (χ0) is 17.2. The predicted molar refractivity (Wildman–Crippen MR) is 106 cm³/mol. The minimum Gasteiger partial charge on any atom is -0.437 e.